The fourth-order valence-electron chi connectivity index (χ4n) is 7.09. The van der Waals surface area contributed by atoms with E-state index in [1.807, 2.05) is 80.5 Å². The summed E-state index contributed by atoms with van der Waals surface area (Å²) < 4.78 is 0. The highest BCUT2D eigenvalue weighted by molar-refractivity contribution is 5.89. The Labute approximate surface area is 266 Å². The molecule has 246 valence electrons. The van der Waals surface area contributed by atoms with Gasteiger partial charge in [0.25, 0.3) is 0 Å². The first kappa shape index (κ1) is 42.5. The van der Waals surface area contributed by atoms with Crippen LogP contribution >= 0.6 is 0 Å². The van der Waals surface area contributed by atoms with Crippen LogP contribution in [-0.2, 0) is 0 Å². The SMILES string of the molecule is CC.CC.CC.CC.CC12CC3CC(C1)CC(C)(C3)C2.CCC.Cc1cccc(O)c1.Oc1ccc2cccc(O)c2c1. The third-order valence-corrected chi connectivity index (χ3v) is 7.49. The molecule has 0 unspecified atom stereocenters. The van der Waals surface area contributed by atoms with Crippen LogP contribution < -0.4 is 0 Å². The maximum Gasteiger partial charge on any atom is 0.123 e. The molecule has 4 bridgehead atoms. The van der Waals surface area contributed by atoms with E-state index in [0.29, 0.717) is 11.1 Å². The molecule has 0 heterocycles. The second-order valence-electron chi connectivity index (χ2n) is 11.8. The molecule has 7 rings (SSSR count). The Morgan fingerprint density at radius 1 is 0.628 bits per heavy atom. The number of fused-ring (bicyclic) bond motifs is 1. The summed E-state index contributed by atoms with van der Waals surface area (Å²) in [5.41, 5.74) is 2.61. The lowest BCUT2D eigenvalue weighted by molar-refractivity contribution is -0.0920. The molecule has 0 spiro atoms. The number of hydrogen-bond acceptors (Lipinski definition) is 3. The van der Waals surface area contributed by atoms with Crippen molar-refractivity contribution < 1.29 is 15.3 Å². The van der Waals surface area contributed by atoms with Crippen LogP contribution in [0.4, 0.5) is 0 Å². The van der Waals surface area contributed by atoms with Gasteiger partial charge in [0.1, 0.15) is 17.2 Å². The summed E-state index contributed by atoms with van der Waals surface area (Å²) in [4.78, 5) is 0. The van der Waals surface area contributed by atoms with Gasteiger partial charge in [-0.15, -0.1) is 0 Å². The van der Waals surface area contributed by atoms with Crippen LogP contribution in [0.1, 0.15) is 134 Å². The summed E-state index contributed by atoms with van der Waals surface area (Å²) >= 11 is 0. The van der Waals surface area contributed by atoms with E-state index in [9.17, 15) is 5.11 Å². The van der Waals surface area contributed by atoms with Gasteiger partial charge in [0, 0.05) is 5.39 Å². The average Bonchev–Trinajstić information content (AvgIpc) is 2.97. The lowest BCUT2D eigenvalue weighted by Gasteiger charge is -2.60. The molecule has 0 saturated heterocycles. The number of aryl methyl sites for hydroxylation is 1. The van der Waals surface area contributed by atoms with Gasteiger partial charge in [-0.25, -0.2) is 0 Å². The molecule has 4 aliphatic rings. The maximum atomic E-state index is 9.38. The summed E-state index contributed by atoms with van der Waals surface area (Å²) in [5.74, 6) is 2.93. The standard InChI is InChI=1S/C12H20.C10H8O2.C7H8O.C3H8.4C2H6/c1-11-4-9-3-10(5-11)7-12(2,6-9)8-11;11-8-5-4-7-2-1-3-10(12)9(7)6-8;1-6-3-2-4-7(8)5-6;1-3-2;4*1-2/h9-10H,3-8H2,1-2H3;1-6,11-12H;2-5,8H,1H3;3H2,1-2H3;4*1-2H3. The highest BCUT2D eigenvalue weighted by Crippen LogP contribution is 2.64. The van der Waals surface area contributed by atoms with Crippen LogP contribution in [0.25, 0.3) is 10.8 Å². The Kier molecular flexibility index (Phi) is 22.5. The van der Waals surface area contributed by atoms with Crippen LogP contribution in [0.2, 0.25) is 0 Å². The normalized spacial score (nSPS) is 23.0. The molecular formula is C40H68O3. The van der Waals surface area contributed by atoms with Crippen molar-refractivity contribution in [1.29, 1.82) is 0 Å². The number of phenolic OH excluding ortho intramolecular Hbond substituents is 3. The van der Waals surface area contributed by atoms with Gasteiger partial charge in [0.15, 0.2) is 0 Å². The molecule has 0 atom stereocenters. The fraction of sp³-hybridized carbons (Fsp3) is 0.600. The van der Waals surface area contributed by atoms with Gasteiger partial charge in [0.05, 0.1) is 0 Å². The van der Waals surface area contributed by atoms with Gasteiger partial charge < -0.3 is 15.3 Å². The van der Waals surface area contributed by atoms with Gasteiger partial charge in [-0.2, -0.15) is 0 Å². The maximum absolute atomic E-state index is 9.38. The van der Waals surface area contributed by atoms with E-state index in [1.54, 1.807) is 74.6 Å². The Balaban J connectivity index is 0. The number of phenols is 3. The van der Waals surface area contributed by atoms with Crippen molar-refractivity contribution in [2.24, 2.45) is 22.7 Å². The molecule has 0 aromatic heterocycles. The molecule has 3 nitrogen and oxygen atoms in total. The monoisotopic (exact) mass is 597 g/mol. The van der Waals surface area contributed by atoms with Gasteiger partial charge in [0.2, 0.25) is 0 Å². The fourth-order valence-corrected chi connectivity index (χ4v) is 7.09. The predicted octanol–water partition coefficient (Wildman–Crippen LogP) is 13.1. The average molecular weight is 597 g/mol. The number of rotatable bonds is 0. The van der Waals surface area contributed by atoms with Gasteiger partial charge in [-0.05, 0) is 109 Å². The van der Waals surface area contributed by atoms with E-state index in [4.69, 9.17) is 10.2 Å². The molecule has 43 heavy (non-hydrogen) atoms. The van der Waals surface area contributed by atoms with E-state index in [0.717, 1.165) is 33.6 Å². The second-order valence-corrected chi connectivity index (χ2v) is 11.8. The Morgan fingerprint density at radius 2 is 1.07 bits per heavy atom. The zero-order valence-electron chi connectivity index (χ0n) is 30.2. The van der Waals surface area contributed by atoms with Crippen molar-refractivity contribution in [1.82, 2.24) is 0 Å². The smallest absolute Gasteiger partial charge is 0.123 e. The minimum Gasteiger partial charge on any atom is -0.508 e. The lowest BCUT2D eigenvalue weighted by Crippen LogP contribution is -2.49. The largest absolute Gasteiger partial charge is 0.508 e. The highest BCUT2D eigenvalue weighted by atomic mass is 16.3. The molecule has 0 radical (unpaired) electrons. The van der Waals surface area contributed by atoms with Gasteiger partial charge in [-0.1, -0.05) is 120 Å². The van der Waals surface area contributed by atoms with Crippen LogP contribution in [0.15, 0.2) is 60.7 Å². The zero-order valence-corrected chi connectivity index (χ0v) is 30.2. The molecule has 4 saturated carbocycles. The summed E-state index contributed by atoms with van der Waals surface area (Å²) in [6.07, 6.45) is 10.6. The van der Waals surface area contributed by atoms with Gasteiger partial charge in [-0.3, -0.25) is 0 Å². The van der Waals surface area contributed by atoms with Crippen LogP contribution in [0.3, 0.4) is 0 Å². The molecule has 3 aromatic rings. The summed E-state index contributed by atoms with van der Waals surface area (Å²) in [5, 5.41) is 28.9. The molecule has 3 aromatic carbocycles. The Morgan fingerprint density at radius 3 is 1.47 bits per heavy atom. The Bertz CT molecular complexity index is 1050. The summed E-state index contributed by atoms with van der Waals surface area (Å²) in [6, 6.07) is 17.3. The van der Waals surface area contributed by atoms with E-state index in [2.05, 4.69) is 27.7 Å². The zero-order chi connectivity index (χ0) is 33.6. The first-order valence-corrected chi connectivity index (χ1v) is 17.2. The molecule has 3 N–H and O–H groups in total. The molecule has 4 aliphatic carbocycles. The topological polar surface area (TPSA) is 60.7 Å². The first-order chi connectivity index (χ1) is 20.5. The van der Waals surface area contributed by atoms with E-state index in [1.165, 1.54) is 12.8 Å². The minimum absolute atomic E-state index is 0.170. The third-order valence-electron chi connectivity index (χ3n) is 7.49. The van der Waals surface area contributed by atoms with E-state index >= 15 is 0 Å². The van der Waals surface area contributed by atoms with Crippen molar-refractivity contribution in [2.75, 3.05) is 0 Å². The van der Waals surface area contributed by atoms with Crippen molar-refractivity contribution in [3.8, 4) is 17.2 Å². The third kappa shape index (κ3) is 15.1. The van der Waals surface area contributed by atoms with E-state index in [-0.39, 0.29) is 11.5 Å². The highest BCUT2D eigenvalue weighted by Gasteiger charge is 2.53. The Hall–Kier alpha value is -2.68. The van der Waals surface area contributed by atoms with Crippen molar-refractivity contribution in [3.05, 3.63) is 66.2 Å². The second kappa shape index (κ2) is 22.8. The number of benzene rings is 3. The molecular weight excluding hydrogens is 528 g/mol. The minimum atomic E-state index is 0.170. The quantitative estimate of drug-likeness (QED) is 0.242. The van der Waals surface area contributed by atoms with E-state index < -0.39 is 0 Å². The van der Waals surface area contributed by atoms with Crippen molar-refractivity contribution >= 4 is 10.8 Å². The lowest BCUT2D eigenvalue weighted by atomic mass is 9.45. The van der Waals surface area contributed by atoms with Crippen molar-refractivity contribution in [2.45, 2.75) is 135 Å². The number of hydrogen-bond donors (Lipinski definition) is 3. The molecule has 0 amide bonds. The molecule has 0 aliphatic heterocycles. The van der Waals surface area contributed by atoms with Crippen LogP contribution in [-0.4, -0.2) is 15.3 Å². The van der Waals surface area contributed by atoms with Crippen LogP contribution in [0.5, 0.6) is 17.2 Å². The van der Waals surface area contributed by atoms with Gasteiger partial charge >= 0.3 is 0 Å². The molecule has 4 fully saturated rings. The van der Waals surface area contributed by atoms with Crippen LogP contribution in [0, 0.1) is 29.6 Å². The predicted molar refractivity (Wildman–Crippen MR) is 192 cm³/mol. The first-order valence-electron chi connectivity index (χ1n) is 17.2. The van der Waals surface area contributed by atoms with Crippen molar-refractivity contribution in [3.63, 3.8) is 0 Å². The number of aromatic hydroxyl groups is 3. The molecule has 3 heteroatoms. The summed E-state index contributed by atoms with van der Waals surface area (Å²) in [7, 11) is 0. The summed E-state index contributed by atoms with van der Waals surface area (Å²) in [6.45, 7) is 27.3.